The Morgan fingerprint density at radius 1 is 1.11 bits per heavy atom. The lowest BCUT2D eigenvalue weighted by atomic mass is 10.00. The van der Waals surface area contributed by atoms with Gasteiger partial charge >= 0.3 is 0 Å². The molecule has 1 atom stereocenters. The number of aliphatic imine (C=N–C) groups is 1. The summed E-state index contributed by atoms with van der Waals surface area (Å²) in [5, 5.41) is 15.6. The normalized spacial score (nSPS) is 15.8. The predicted octanol–water partition coefficient (Wildman–Crippen LogP) is 3.63. The molecule has 152 valence electrons. The van der Waals surface area contributed by atoms with Gasteiger partial charge in [0.1, 0.15) is 5.82 Å². The van der Waals surface area contributed by atoms with E-state index >= 15 is 0 Å². The molecule has 6 heteroatoms. The van der Waals surface area contributed by atoms with Crippen LogP contribution in [0.2, 0.25) is 0 Å². The van der Waals surface area contributed by atoms with Gasteiger partial charge in [-0.25, -0.2) is 0 Å². The van der Waals surface area contributed by atoms with Crippen molar-refractivity contribution in [3.8, 4) is 0 Å². The molecule has 1 aliphatic heterocycles. The van der Waals surface area contributed by atoms with E-state index in [1.54, 1.807) is 7.05 Å². The van der Waals surface area contributed by atoms with E-state index in [0.29, 0.717) is 12.5 Å². The van der Waals surface area contributed by atoms with Gasteiger partial charge in [-0.05, 0) is 43.2 Å². The molecular formula is C22H34N6. The average molecular weight is 383 g/mol. The van der Waals surface area contributed by atoms with Gasteiger partial charge in [0, 0.05) is 20.0 Å². The molecule has 0 fully saturated rings. The second-order valence-electron chi connectivity index (χ2n) is 8.13. The molecule has 2 aromatic rings. The van der Waals surface area contributed by atoms with E-state index in [0.717, 1.165) is 37.0 Å². The molecule has 0 radical (unpaired) electrons. The molecule has 28 heavy (non-hydrogen) atoms. The van der Waals surface area contributed by atoms with E-state index in [9.17, 15) is 0 Å². The Morgan fingerprint density at radius 2 is 1.89 bits per heavy atom. The number of nitrogens with one attached hydrogen (secondary N) is 2. The highest BCUT2D eigenvalue weighted by molar-refractivity contribution is 5.80. The van der Waals surface area contributed by atoms with Crippen LogP contribution in [0, 0.1) is 5.92 Å². The molecule has 0 bridgehead atoms. The highest BCUT2D eigenvalue weighted by Crippen LogP contribution is 2.16. The molecule has 1 aromatic carbocycles. The zero-order valence-corrected chi connectivity index (χ0v) is 17.7. The highest BCUT2D eigenvalue weighted by atomic mass is 15.3. The summed E-state index contributed by atoms with van der Waals surface area (Å²) < 4.78 is 2.27. The first kappa shape index (κ1) is 20.4. The second-order valence-corrected chi connectivity index (χ2v) is 8.13. The molecule has 1 unspecified atom stereocenters. The number of nitrogens with zero attached hydrogens (tertiary/aromatic N) is 4. The molecule has 2 heterocycles. The Labute approximate surface area is 168 Å². The van der Waals surface area contributed by atoms with Crippen LogP contribution in [0.4, 0.5) is 0 Å². The molecule has 3 rings (SSSR count). The maximum atomic E-state index is 4.38. The van der Waals surface area contributed by atoms with Crippen LogP contribution >= 0.6 is 0 Å². The van der Waals surface area contributed by atoms with E-state index in [4.69, 9.17) is 0 Å². The summed E-state index contributed by atoms with van der Waals surface area (Å²) in [6.07, 6.45) is 5.84. The summed E-state index contributed by atoms with van der Waals surface area (Å²) in [5.74, 6) is 3.57. The number of fused-ring (bicyclic) bond motifs is 1. The summed E-state index contributed by atoms with van der Waals surface area (Å²) in [5.41, 5.74) is 2.65. The van der Waals surface area contributed by atoms with Crippen molar-refractivity contribution in [3.05, 3.63) is 47.0 Å². The lowest BCUT2D eigenvalue weighted by Crippen LogP contribution is -2.38. The first-order chi connectivity index (χ1) is 13.6. The van der Waals surface area contributed by atoms with E-state index < -0.39 is 0 Å². The summed E-state index contributed by atoms with van der Waals surface area (Å²) in [7, 11) is 1.80. The molecule has 1 aromatic heterocycles. The van der Waals surface area contributed by atoms with E-state index in [1.165, 1.54) is 30.4 Å². The number of hydrogen-bond donors (Lipinski definition) is 2. The number of benzene rings is 1. The standard InChI is InChI=1S/C22H34N6/c1-16(2)14-18-9-11-19(12-10-18)17(3)25-22(23-4)24-15-21-27-26-20-8-6-5-7-13-28(20)21/h9-12,16-17H,5-8,13-15H2,1-4H3,(H2,23,24,25). The van der Waals surface area contributed by atoms with Crippen molar-refractivity contribution in [1.29, 1.82) is 0 Å². The molecule has 1 aliphatic rings. The van der Waals surface area contributed by atoms with Gasteiger partial charge in [-0.1, -0.05) is 44.5 Å². The van der Waals surface area contributed by atoms with Crippen molar-refractivity contribution >= 4 is 5.96 Å². The molecule has 0 saturated carbocycles. The first-order valence-electron chi connectivity index (χ1n) is 10.5. The number of guanidine groups is 1. The number of aryl methyl sites for hydroxylation is 1. The van der Waals surface area contributed by atoms with Crippen LogP contribution < -0.4 is 10.6 Å². The SMILES string of the molecule is CN=C(NCc1nnc2n1CCCCC2)NC(C)c1ccc(CC(C)C)cc1. The van der Waals surface area contributed by atoms with Crippen molar-refractivity contribution in [2.75, 3.05) is 7.05 Å². The first-order valence-corrected chi connectivity index (χ1v) is 10.5. The minimum absolute atomic E-state index is 0.176. The molecule has 0 amide bonds. The third-order valence-corrected chi connectivity index (χ3v) is 5.30. The predicted molar refractivity (Wildman–Crippen MR) is 114 cm³/mol. The number of rotatable bonds is 6. The van der Waals surface area contributed by atoms with Crippen LogP contribution in [-0.2, 0) is 25.9 Å². The number of aromatic nitrogens is 3. The zero-order chi connectivity index (χ0) is 19.9. The van der Waals surface area contributed by atoms with Crippen molar-refractivity contribution < 1.29 is 0 Å². The van der Waals surface area contributed by atoms with Gasteiger partial charge in [0.2, 0.25) is 0 Å². The summed E-state index contributed by atoms with van der Waals surface area (Å²) in [6, 6.07) is 9.06. The largest absolute Gasteiger partial charge is 0.350 e. The van der Waals surface area contributed by atoms with Crippen molar-refractivity contribution in [1.82, 2.24) is 25.4 Å². The minimum Gasteiger partial charge on any atom is -0.350 e. The van der Waals surface area contributed by atoms with Crippen molar-refractivity contribution in [2.45, 2.75) is 72.0 Å². The molecule has 6 nitrogen and oxygen atoms in total. The van der Waals surface area contributed by atoms with Crippen LogP contribution in [0.1, 0.15) is 68.9 Å². The maximum Gasteiger partial charge on any atom is 0.191 e. The third kappa shape index (κ3) is 5.33. The van der Waals surface area contributed by atoms with Gasteiger partial charge < -0.3 is 15.2 Å². The minimum atomic E-state index is 0.176. The smallest absolute Gasteiger partial charge is 0.191 e. The van der Waals surface area contributed by atoms with Crippen LogP contribution in [0.15, 0.2) is 29.3 Å². The molecule has 0 spiro atoms. The van der Waals surface area contributed by atoms with Crippen LogP contribution in [-0.4, -0.2) is 27.8 Å². The zero-order valence-electron chi connectivity index (χ0n) is 17.7. The molecular weight excluding hydrogens is 348 g/mol. The van der Waals surface area contributed by atoms with Gasteiger partial charge in [-0.15, -0.1) is 10.2 Å². The quantitative estimate of drug-likeness (QED) is 0.591. The Kier molecular flexibility index (Phi) is 7.06. The Morgan fingerprint density at radius 3 is 2.61 bits per heavy atom. The fraction of sp³-hybridized carbons (Fsp3) is 0.591. The van der Waals surface area contributed by atoms with Gasteiger partial charge in [-0.2, -0.15) is 0 Å². The Balaban J connectivity index is 1.56. The van der Waals surface area contributed by atoms with Gasteiger partial charge in [-0.3, -0.25) is 4.99 Å². The summed E-state index contributed by atoms with van der Waals surface area (Å²) in [6.45, 7) is 8.31. The van der Waals surface area contributed by atoms with Gasteiger partial charge in [0.25, 0.3) is 0 Å². The molecule has 2 N–H and O–H groups in total. The number of hydrogen-bond acceptors (Lipinski definition) is 3. The maximum absolute atomic E-state index is 4.38. The van der Waals surface area contributed by atoms with Crippen molar-refractivity contribution in [3.63, 3.8) is 0 Å². The van der Waals surface area contributed by atoms with Crippen LogP contribution in [0.25, 0.3) is 0 Å². The van der Waals surface area contributed by atoms with E-state index in [2.05, 4.69) is 75.4 Å². The van der Waals surface area contributed by atoms with Crippen LogP contribution in [0.3, 0.4) is 0 Å². The second kappa shape index (κ2) is 9.71. The Bertz CT molecular complexity index is 775. The molecule has 0 aliphatic carbocycles. The van der Waals surface area contributed by atoms with Crippen LogP contribution in [0.5, 0.6) is 0 Å². The van der Waals surface area contributed by atoms with Crippen molar-refractivity contribution in [2.24, 2.45) is 10.9 Å². The monoisotopic (exact) mass is 382 g/mol. The average Bonchev–Trinajstić information content (AvgIpc) is 2.91. The highest BCUT2D eigenvalue weighted by Gasteiger charge is 2.15. The third-order valence-electron chi connectivity index (χ3n) is 5.30. The molecule has 0 saturated heterocycles. The fourth-order valence-electron chi connectivity index (χ4n) is 3.74. The van der Waals surface area contributed by atoms with Gasteiger partial charge in [0.15, 0.2) is 11.8 Å². The van der Waals surface area contributed by atoms with E-state index in [-0.39, 0.29) is 6.04 Å². The lowest BCUT2D eigenvalue weighted by molar-refractivity contribution is 0.593. The summed E-state index contributed by atoms with van der Waals surface area (Å²) >= 11 is 0. The Hall–Kier alpha value is -2.37. The summed E-state index contributed by atoms with van der Waals surface area (Å²) in [4.78, 5) is 4.38. The topological polar surface area (TPSA) is 67.1 Å². The lowest BCUT2D eigenvalue weighted by Gasteiger charge is -2.19. The van der Waals surface area contributed by atoms with E-state index in [1.807, 2.05) is 0 Å². The van der Waals surface area contributed by atoms with Gasteiger partial charge in [0.05, 0.1) is 12.6 Å². The fourth-order valence-corrected chi connectivity index (χ4v) is 3.74.